The Hall–Kier alpha value is -0.160. The fraction of sp³-hybridized carbons (Fsp3) is 1.00. The molecule has 0 amide bonds. The normalized spacial score (nSPS) is 33.0. The molecule has 1 spiro atoms. The Kier molecular flexibility index (Phi) is 4.42. The lowest BCUT2D eigenvalue weighted by Crippen LogP contribution is -2.50. The maximum absolute atomic E-state index is 5.85. The molecule has 3 rings (SSSR count). The molecule has 0 aromatic rings. The molecule has 0 aromatic heterocycles. The predicted octanol–water partition coefficient (Wildman–Crippen LogP) is 1.70. The van der Waals surface area contributed by atoms with Crippen molar-refractivity contribution in [2.45, 2.75) is 50.4 Å². The highest BCUT2D eigenvalue weighted by atomic mass is 16.7. The molecule has 3 fully saturated rings. The van der Waals surface area contributed by atoms with Gasteiger partial charge in [0.05, 0.1) is 19.8 Å². The van der Waals surface area contributed by atoms with Gasteiger partial charge in [-0.1, -0.05) is 6.42 Å². The highest BCUT2D eigenvalue weighted by Gasteiger charge is 2.40. The third kappa shape index (κ3) is 3.30. The van der Waals surface area contributed by atoms with Crippen LogP contribution in [0, 0.1) is 0 Å². The number of hydrogen-bond donors (Lipinski definition) is 0. The third-order valence-electron chi connectivity index (χ3n) is 5.01. The quantitative estimate of drug-likeness (QED) is 0.778. The molecule has 0 saturated carbocycles. The first-order valence-corrected chi connectivity index (χ1v) is 7.98. The Balaban J connectivity index is 1.47. The standard InChI is InChI=1S/C15H28N2O2/c1-16-8-3-2-5-14(16)6-10-17-9-4-7-15(13-17)18-11-12-19-15/h14H,2-13H2,1H3. The highest BCUT2D eigenvalue weighted by molar-refractivity contribution is 4.85. The molecule has 3 saturated heterocycles. The molecule has 4 nitrogen and oxygen atoms in total. The molecule has 1 unspecified atom stereocenters. The number of piperidine rings is 2. The summed E-state index contributed by atoms with van der Waals surface area (Å²) in [5.41, 5.74) is 0. The average Bonchev–Trinajstić information content (AvgIpc) is 2.86. The zero-order chi connectivity index (χ0) is 13.1. The van der Waals surface area contributed by atoms with Crippen LogP contribution in [0.15, 0.2) is 0 Å². The molecule has 0 N–H and O–H groups in total. The van der Waals surface area contributed by atoms with Crippen LogP contribution in [0.4, 0.5) is 0 Å². The van der Waals surface area contributed by atoms with Gasteiger partial charge in [-0.05, 0) is 52.4 Å². The van der Waals surface area contributed by atoms with E-state index in [1.807, 2.05) is 0 Å². The smallest absolute Gasteiger partial charge is 0.181 e. The molecule has 0 radical (unpaired) electrons. The molecule has 3 heterocycles. The SMILES string of the molecule is CN1CCCCC1CCN1CCCC2(C1)OCCO2. The zero-order valence-electron chi connectivity index (χ0n) is 12.3. The van der Waals surface area contributed by atoms with Crippen LogP contribution in [0.3, 0.4) is 0 Å². The van der Waals surface area contributed by atoms with E-state index in [9.17, 15) is 0 Å². The van der Waals surface area contributed by atoms with Crippen LogP contribution in [0.2, 0.25) is 0 Å². The summed E-state index contributed by atoms with van der Waals surface area (Å²) in [5, 5.41) is 0. The molecule has 110 valence electrons. The summed E-state index contributed by atoms with van der Waals surface area (Å²) in [6.07, 6.45) is 7.75. The summed E-state index contributed by atoms with van der Waals surface area (Å²) in [6.45, 7) is 6.22. The minimum absolute atomic E-state index is 0.253. The number of rotatable bonds is 3. The van der Waals surface area contributed by atoms with Gasteiger partial charge in [0.15, 0.2) is 5.79 Å². The minimum atomic E-state index is -0.253. The van der Waals surface area contributed by atoms with Gasteiger partial charge < -0.3 is 14.4 Å². The van der Waals surface area contributed by atoms with E-state index in [1.54, 1.807) is 0 Å². The summed E-state index contributed by atoms with van der Waals surface area (Å²) < 4.78 is 11.7. The number of likely N-dealkylation sites (tertiary alicyclic amines) is 2. The molecule has 19 heavy (non-hydrogen) atoms. The number of nitrogens with zero attached hydrogens (tertiary/aromatic N) is 2. The summed E-state index contributed by atoms with van der Waals surface area (Å²) in [7, 11) is 2.28. The molecular formula is C15H28N2O2. The van der Waals surface area contributed by atoms with Crippen molar-refractivity contribution in [2.75, 3.05) is 46.4 Å². The van der Waals surface area contributed by atoms with Crippen LogP contribution in [-0.2, 0) is 9.47 Å². The Morgan fingerprint density at radius 3 is 2.74 bits per heavy atom. The van der Waals surface area contributed by atoms with Gasteiger partial charge in [0.2, 0.25) is 0 Å². The van der Waals surface area contributed by atoms with E-state index in [0.29, 0.717) is 0 Å². The molecule has 3 aliphatic rings. The first-order valence-electron chi connectivity index (χ1n) is 7.98. The molecule has 0 aromatic carbocycles. The van der Waals surface area contributed by atoms with E-state index >= 15 is 0 Å². The Labute approximate surface area is 117 Å². The molecule has 1 atom stereocenters. The Morgan fingerprint density at radius 2 is 1.95 bits per heavy atom. The van der Waals surface area contributed by atoms with Crippen molar-refractivity contribution >= 4 is 0 Å². The maximum Gasteiger partial charge on any atom is 0.181 e. The van der Waals surface area contributed by atoms with Crippen molar-refractivity contribution in [3.63, 3.8) is 0 Å². The highest BCUT2D eigenvalue weighted by Crippen LogP contribution is 2.30. The van der Waals surface area contributed by atoms with Crippen LogP contribution >= 0.6 is 0 Å². The van der Waals surface area contributed by atoms with E-state index in [2.05, 4.69) is 16.8 Å². The van der Waals surface area contributed by atoms with E-state index < -0.39 is 0 Å². The third-order valence-corrected chi connectivity index (χ3v) is 5.01. The second-order valence-electron chi connectivity index (χ2n) is 6.41. The van der Waals surface area contributed by atoms with Crippen molar-refractivity contribution < 1.29 is 9.47 Å². The van der Waals surface area contributed by atoms with E-state index in [4.69, 9.17) is 9.47 Å². The predicted molar refractivity (Wildman–Crippen MR) is 75.2 cm³/mol. The van der Waals surface area contributed by atoms with Crippen molar-refractivity contribution in [3.05, 3.63) is 0 Å². The number of ether oxygens (including phenoxy) is 2. The maximum atomic E-state index is 5.85. The Bertz CT molecular complexity index is 292. The van der Waals surface area contributed by atoms with Crippen molar-refractivity contribution in [1.82, 2.24) is 9.80 Å². The van der Waals surface area contributed by atoms with Crippen molar-refractivity contribution in [2.24, 2.45) is 0 Å². The van der Waals surface area contributed by atoms with Crippen molar-refractivity contribution in [3.8, 4) is 0 Å². The molecular weight excluding hydrogens is 240 g/mol. The van der Waals surface area contributed by atoms with Crippen LogP contribution in [-0.4, -0.2) is 68.1 Å². The van der Waals surface area contributed by atoms with Gasteiger partial charge in [0, 0.05) is 12.5 Å². The first-order chi connectivity index (χ1) is 9.27. The summed E-state index contributed by atoms with van der Waals surface area (Å²) in [5.74, 6) is -0.253. The molecule has 0 aliphatic carbocycles. The minimum Gasteiger partial charge on any atom is -0.346 e. The lowest BCUT2D eigenvalue weighted by molar-refractivity contribution is -0.189. The first kappa shape index (κ1) is 13.8. The molecule has 4 heteroatoms. The number of hydrogen-bond acceptors (Lipinski definition) is 4. The van der Waals surface area contributed by atoms with Crippen LogP contribution < -0.4 is 0 Å². The topological polar surface area (TPSA) is 24.9 Å². The van der Waals surface area contributed by atoms with Gasteiger partial charge in [0.1, 0.15) is 0 Å². The van der Waals surface area contributed by atoms with Gasteiger partial charge in [-0.3, -0.25) is 4.90 Å². The lowest BCUT2D eigenvalue weighted by atomic mass is 9.98. The van der Waals surface area contributed by atoms with Gasteiger partial charge in [0.25, 0.3) is 0 Å². The lowest BCUT2D eigenvalue weighted by Gasteiger charge is -2.40. The van der Waals surface area contributed by atoms with Gasteiger partial charge >= 0.3 is 0 Å². The fourth-order valence-electron chi connectivity index (χ4n) is 3.83. The van der Waals surface area contributed by atoms with Gasteiger partial charge in [-0.15, -0.1) is 0 Å². The molecule has 3 aliphatic heterocycles. The summed E-state index contributed by atoms with van der Waals surface area (Å²) >= 11 is 0. The summed E-state index contributed by atoms with van der Waals surface area (Å²) in [4.78, 5) is 5.10. The Morgan fingerprint density at radius 1 is 1.11 bits per heavy atom. The molecule has 0 bridgehead atoms. The monoisotopic (exact) mass is 268 g/mol. The van der Waals surface area contributed by atoms with Crippen LogP contribution in [0.5, 0.6) is 0 Å². The van der Waals surface area contributed by atoms with Crippen molar-refractivity contribution in [1.29, 1.82) is 0 Å². The second-order valence-corrected chi connectivity index (χ2v) is 6.41. The van der Waals surface area contributed by atoms with Crippen LogP contribution in [0.1, 0.15) is 38.5 Å². The van der Waals surface area contributed by atoms with E-state index in [0.717, 1.165) is 32.2 Å². The largest absolute Gasteiger partial charge is 0.346 e. The zero-order valence-corrected chi connectivity index (χ0v) is 12.3. The van der Waals surface area contributed by atoms with Gasteiger partial charge in [-0.2, -0.15) is 0 Å². The van der Waals surface area contributed by atoms with Crippen LogP contribution in [0.25, 0.3) is 0 Å². The summed E-state index contributed by atoms with van der Waals surface area (Å²) in [6, 6.07) is 0.789. The van der Waals surface area contributed by atoms with E-state index in [1.165, 1.54) is 51.7 Å². The average molecular weight is 268 g/mol. The van der Waals surface area contributed by atoms with E-state index in [-0.39, 0.29) is 5.79 Å². The fourth-order valence-corrected chi connectivity index (χ4v) is 3.83. The second kappa shape index (κ2) is 6.08. The van der Waals surface area contributed by atoms with Gasteiger partial charge in [-0.25, -0.2) is 0 Å².